The highest BCUT2D eigenvalue weighted by Crippen LogP contribution is 2.23. The molecule has 0 aliphatic heterocycles. The molecule has 0 radical (unpaired) electrons. The SMILES string of the molecule is CC1CCCC(NC(=O)c2cnccc2NN)CC1. The summed E-state index contributed by atoms with van der Waals surface area (Å²) in [6, 6.07) is 1.97. The number of hydrogen-bond acceptors (Lipinski definition) is 4. The normalized spacial score (nSPS) is 23.5. The van der Waals surface area contributed by atoms with Crippen molar-refractivity contribution in [2.24, 2.45) is 11.8 Å². The molecule has 2 unspecified atom stereocenters. The lowest BCUT2D eigenvalue weighted by Crippen LogP contribution is -2.35. The Bertz CT molecular complexity index is 435. The highest BCUT2D eigenvalue weighted by atomic mass is 16.1. The summed E-state index contributed by atoms with van der Waals surface area (Å²) in [5.41, 5.74) is 3.64. The van der Waals surface area contributed by atoms with E-state index in [9.17, 15) is 4.79 Å². The third kappa shape index (κ3) is 3.67. The Morgan fingerprint density at radius 2 is 2.21 bits per heavy atom. The van der Waals surface area contributed by atoms with Crippen molar-refractivity contribution in [3.05, 3.63) is 24.0 Å². The third-order valence-electron chi connectivity index (χ3n) is 3.81. The number of hydrogen-bond donors (Lipinski definition) is 3. The molecule has 1 aromatic rings. The van der Waals surface area contributed by atoms with Crippen LogP contribution in [0, 0.1) is 5.92 Å². The molecule has 19 heavy (non-hydrogen) atoms. The molecule has 1 saturated carbocycles. The molecule has 1 aliphatic carbocycles. The summed E-state index contributed by atoms with van der Waals surface area (Å²) in [4.78, 5) is 16.2. The number of nitrogens with one attached hydrogen (secondary N) is 2. The van der Waals surface area contributed by atoms with Crippen molar-refractivity contribution in [3.8, 4) is 0 Å². The van der Waals surface area contributed by atoms with Gasteiger partial charge in [0.15, 0.2) is 0 Å². The smallest absolute Gasteiger partial charge is 0.255 e. The summed E-state index contributed by atoms with van der Waals surface area (Å²) in [7, 11) is 0. The lowest BCUT2D eigenvalue weighted by atomic mass is 10.0. The first-order valence-electron chi connectivity index (χ1n) is 6.92. The highest BCUT2D eigenvalue weighted by molar-refractivity contribution is 5.99. The molecule has 0 saturated heterocycles. The summed E-state index contributed by atoms with van der Waals surface area (Å²) in [5.74, 6) is 6.08. The van der Waals surface area contributed by atoms with Gasteiger partial charge in [0.1, 0.15) is 0 Å². The lowest BCUT2D eigenvalue weighted by molar-refractivity contribution is 0.0933. The van der Waals surface area contributed by atoms with Crippen molar-refractivity contribution in [1.29, 1.82) is 0 Å². The maximum Gasteiger partial charge on any atom is 0.255 e. The second kappa shape index (κ2) is 6.52. The molecular formula is C14H22N4O. The highest BCUT2D eigenvalue weighted by Gasteiger charge is 2.19. The first kappa shape index (κ1) is 13.8. The van der Waals surface area contributed by atoms with Gasteiger partial charge in [0.05, 0.1) is 11.3 Å². The Morgan fingerprint density at radius 3 is 3.00 bits per heavy atom. The number of nitrogens with zero attached hydrogens (tertiary/aromatic N) is 1. The van der Waals surface area contributed by atoms with E-state index in [1.54, 1.807) is 18.5 Å². The van der Waals surface area contributed by atoms with Gasteiger partial charge in [-0.15, -0.1) is 0 Å². The van der Waals surface area contributed by atoms with Gasteiger partial charge in [-0.1, -0.05) is 19.8 Å². The lowest BCUT2D eigenvalue weighted by Gasteiger charge is -2.17. The van der Waals surface area contributed by atoms with E-state index in [0.29, 0.717) is 11.3 Å². The predicted molar refractivity (Wildman–Crippen MR) is 75.6 cm³/mol. The second-order valence-corrected chi connectivity index (χ2v) is 5.35. The van der Waals surface area contributed by atoms with Gasteiger partial charge in [-0.3, -0.25) is 15.6 Å². The minimum absolute atomic E-state index is 0.0967. The standard InChI is InChI=1S/C14H22N4O/c1-10-3-2-4-11(6-5-10)17-14(19)12-9-16-8-7-13(12)18-15/h7-11H,2-6,15H2,1H3,(H,16,18)(H,17,19). The van der Waals surface area contributed by atoms with Gasteiger partial charge in [-0.2, -0.15) is 0 Å². The number of rotatable bonds is 3. The van der Waals surface area contributed by atoms with Crippen LogP contribution in [0.5, 0.6) is 0 Å². The Hall–Kier alpha value is -1.62. The predicted octanol–water partition coefficient (Wildman–Crippen LogP) is 2.07. The molecule has 1 heterocycles. The number of aromatic nitrogens is 1. The molecule has 5 nitrogen and oxygen atoms in total. The fourth-order valence-corrected chi connectivity index (χ4v) is 2.60. The minimum atomic E-state index is -0.0967. The van der Waals surface area contributed by atoms with E-state index in [-0.39, 0.29) is 11.9 Å². The number of hydrazine groups is 1. The van der Waals surface area contributed by atoms with Crippen LogP contribution in [0.3, 0.4) is 0 Å². The van der Waals surface area contributed by atoms with Crippen LogP contribution in [-0.4, -0.2) is 16.9 Å². The molecule has 5 heteroatoms. The number of amides is 1. The van der Waals surface area contributed by atoms with Gasteiger partial charge >= 0.3 is 0 Å². The van der Waals surface area contributed by atoms with Crippen molar-refractivity contribution in [3.63, 3.8) is 0 Å². The van der Waals surface area contributed by atoms with E-state index >= 15 is 0 Å². The van der Waals surface area contributed by atoms with Crippen molar-refractivity contribution >= 4 is 11.6 Å². The molecule has 1 aromatic heterocycles. The number of anilines is 1. The van der Waals surface area contributed by atoms with Crippen molar-refractivity contribution in [1.82, 2.24) is 10.3 Å². The number of carbonyl (C=O) groups is 1. The van der Waals surface area contributed by atoms with Gasteiger partial charge in [-0.05, 0) is 31.2 Å². The molecule has 1 fully saturated rings. The fraction of sp³-hybridized carbons (Fsp3) is 0.571. The van der Waals surface area contributed by atoms with Crippen LogP contribution in [0.1, 0.15) is 49.4 Å². The van der Waals surface area contributed by atoms with E-state index in [4.69, 9.17) is 5.84 Å². The van der Waals surface area contributed by atoms with E-state index in [1.807, 2.05) is 0 Å². The van der Waals surface area contributed by atoms with E-state index < -0.39 is 0 Å². The summed E-state index contributed by atoms with van der Waals surface area (Å²) >= 11 is 0. The van der Waals surface area contributed by atoms with Crippen molar-refractivity contribution in [2.75, 3.05) is 5.43 Å². The number of nitrogen functional groups attached to an aromatic ring is 1. The molecule has 0 spiro atoms. The zero-order valence-electron chi connectivity index (χ0n) is 11.4. The van der Waals surface area contributed by atoms with Crippen molar-refractivity contribution in [2.45, 2.75) is 45.1 Å². The van der Waals surface area contributed by atoms with Gasteiger partial charge in [-0.25, -0.2) is 0 Å². The maximum absolute atomic E-state index is 12.2. The zero-order valence-corrected chi connectivity index (χ0v) is 11.4. The van der Waals surface area contributed by atoms with Crippen molar-refractivity contribution < 1.29 is 4.79 Å². The van der Waals surface area contributed by atoms with Crippen LogP contribution in [0.25, 0.3) is 0 Å². The monoisotopic (exact) mass is 262 g/mol. The zero-order chi connectivity index (χ0) is 13.7. The second-order valence-electron chi connectivity index (χ2n) is 5.35. The van der Waals surface area contributed by atoms with Crippen LogP contribution in [0.15, 0.2) is 18.5 Å². The maximum atomic E-state index is 12.2. The van der Waals surface area contributed by atoms with Crippen LogP contribution in [0.4, 0.5) is 5.69 Å². The first-order valence-corrected chi connectivity index (χ1v) is 6.92. The van der Waals surface area contributed by atoms with Crippen LogP contribution < -0.4 is 16.6 Å². The molecule has 1 aliphatic rings. The Labute approximate surface area is 114 Å². The minimum Gasteiger partial charge on any atom is -0.349 e. The molecule has 4 N–H and O–H groups in total. The average molecular weight is 262 g/mol. The molecule has 104 valence electrons. The number of pyridine rings is 1. The van der Waals surface area contributed by atoms with E-state index in [2.05, 4.69) is 22.7 Å². The number of nitrogens with two attached hydrogens (primary N) is 1. The largest absolute Gasteiger partial charge is 0.349 e. The van der Waals surface area contributed by atoms with Crippen LogP contribution in [-0.2, 0) is 0 Å². The molecule has 0 bridgehead atoms. The Kier molecular flexibility index (Phi) is 4.74. The summed E-state index contributed by atoms with van der Waals surface area (Å²) in [5, 5.41) is 3.10. The third-order valence-corrected chi connectivity index (χ3v) is 3.81. The van der Waals surface area contributed by atoms with E-state index in [1.165, 1.54) is 19.3 Å². The van der Waals surface area contributed by atoms with Gasteiger partial charge in [0, 0.05) is 18.4 Å². The summed E-state index contributed by atoms with van der Waals surface area (Å²) in [6.07, 6.45) is 8.89. The first-order chi connectivity index (χ1) is 9.20. The average Bonchev–Trinajstić information content (AvgIpc) is 2.63. The topological polar surface area (TPSA) is 80.0 Å². The van der Waals surface area contributed by atoms with Crippen LogP contribution >= 0.6 is 0 Å². The summed E-state index contributed by atoms with van der Waals surface area (Å²) < 4.78 is 0. The molecule has 0 aromatic carbocycles. The fourth-order valence-electron chi connectivity index (χ4n) is 2.60. The number of carbonyl (C=O) groups excluding carboxylic acids is 1. The van der Waals surface area contributed by atoms with E-state index in [0.717, 1.165) is 18.8 Å². The van der Waals surface area contributed by atoms with Crippen LogP contribution in [0.2, 0.25) is 0 Å². The molecule has 2 atom stereocenters. The molecular weight excluding hydrogens is 240 g/mol. The van der Waals surface area contributed by atoms with Gasteiger partial charge < -0.3 is 10.7 Å². The quantitative estimate of drug-likeness (QED) is 0.442. The van der Waals surface area contributed by atoms with Gasteiger partial charge in [0.2, 0.25) is 0 Å². The molecule has 1 amide bonds. The molecule has 2 rings (SSSR count). The Balaban J connectivity index is 2.00. The summed E-state index contributed by atoms with van der Waals surface area (Å²) in [6.45, 7) is 2.28. The Morgan fingerprint density at radius 1 is 1.37 bits per heavy atom. The van der Waals surface area contributed by atoms with Gasteiger partial charge in [0.25, 0.3) is 5.91 Å².